The summed E-state index contributed by atoms with van der Waals surface area (Å²) in [5.74, 6) is 0.307. The van der Waals surface area contributed by atoms with E-state index in [0.29, 0.717) is 12.3 Å². The largest absolute Gasteiger partial charge is 0.390 e. The van der Waals surface area contributed by atoms with Gasteiger partial charge < -0.3 is 19.6 Å². The fraction of sp³-hybridized carbons (Fsp3) is 0.938. The second-order valence-electron chi connectivity index (χ2n) is 6.75. The number of nitrogens with zero attached hydrogens (tertiary/aromatic N) is 2. The predicted octanol–water partition coefficient (Wildman–Crippen LogP) is 1.00. The maximum absolute atomic E-state index is 12.1. The molecule has 0 bridgehead atoms. The first-order valence-electron chi connectivity index (χ1n) is 8.52. The van der Waals surface area contributed by atoms with Crippen molar-refractivity contribution in [2.24, 2.45) is 0 Å². The quantitative estimate of drug-likeness (QED) is 0.844. The molecule has 0 unspecified atom stereocenters. The van der Waals surface area contributed by atoms with Crippen LogP contribution in [0.25, 0.3) is 0 Å². The van der Waals surface area contributed by atoms with E-state index in [1.807, 2.05) is 4.90 Å². The lowest BCUT2D eigenvalue weighted by Crippen LogP contribution is -2.55. The van der Waals surface area contributed by atoms with Crippen LogP contribution in [0, 0.1) is 0 Å². The molecule has 5 nitrogen and oxygen atoms in total. The summed E-state index contributed by atoms with van der Waals surface area (Å²) in [4.78, 5) is 16.4. The molecule has 5 heteroatoms. The lowest BCUT2D eigenvalue weighted by Gasteiger charge is -2.46. The predicted molar refractivity (Wildman–Crippen MR) is 80.0 cm³/mol. The molecule has 0 aromatic rings. The SMILES string of the molecule is O=C(CCN1CCC2(CC1)OCCC[C@H]2O)N1CCCC1. The molecular formula is C16H28N2O3. The number of aliphatic hydroxyl groups is 1. The van der Waals surface area contributed by atoms with E-state index in [1.165, 1.54) is 0 Å². The molecule has 1 amide bonds. The maximum atomic E-state index is 12.1. The Bertz CT molecular complexity index is 361. The van der Waals surface area contributed by atoms with Crippen molar-refractivity contribution in [3.05, 3.63) is 0 Å². The van der Waals surface area contributed by atoms with Gasteiger partial charge in [0.2, 0.25) is 5.91 Å². The number of likely N-dealkylation sites (tertiary alicyclic amines) is 2. The number of ether oxygens (including phenoxy) is 1. The van der Waals surface area contributed by atoms with Crippen molar-refractivity contribution >= 4 is 5.91 Å². The third-order valence-corrected chi connectivity index (χ3v) is 5.42. The van der Waals surface area contributed by atoms with Gasteiger partial charge in [-0.3, -0.25) is 4.79 Å². The van der Waals surface area contributed by atoms with Crippen molar-refractivity contribution < 1.29 is 14.6 Å². The van der Waals surface area contributed by atoms with E-state index in [4.69, 9.17) is 4.74 Å². The monoisotopic (exact) mass is 296 g/mol. The fourth-order valence-corrected chi connectivity index (χ4v) is 3.92. The van der Waals surface area contributed by atoms with Crippen LogP contribution in [-0.2, 0) is 9.53 Å². The van der Waals surface area contributed by atoms with Gasteiger partial charge in [0, 0.05) is 45.8 Å². The van der Waals surface area contributed by atoms with Gasteiger partial charge in [-0.15, -0.1) is 0 Å². The molecule has 0 radical (unpaired) electrons. The van der Waals surface area contributed by atoms with Gasteiger partial charge in [-0.2, -0.15) is 0 Å². The van der Waals surface area contributed by atoms with Crippen molar-refractivity contribution in [2.45, 2.75) is 56.7 Å². The Labute approximate surface area is 127 Å². The number of hydrogen-bond donors (Lipinski definition) is 1. The Hall–Kier alpha value is -0.650. The Kier molecular flexibility index (Phi) is 4.82. The van der Waals surface area contributed by atoms with Gasteiger partial charge in [-0.1, -0.05) is 0 Å². The summed E-state index contributed by atoms with van der Waals surface area (Å²) in [6, 6.07) is 0. The molecule has 1 spiro atoms. The number of rotatable bonds is 3. The number of carbonyl (C=O) groups excluding carboxylic acids is 1. The van der Waals surface area contributed by atoms with E-state index in [9.17, 15) is 9.90 Å². The first kappa shape index (κ1) is 15.3. The molecule has 3 aliphatic rings. The van der Waals surface area contributed by atoms with Gasteiger partial charge in [0.05, 0.1) is 11.7 Å². The first-order valence-corrected chi connectivity index (χ1v) is 8.52. The third-order valence-electron chi connectivity index (χ3n) is 5.42. The van der Waals surface area contributed by atoms with Crippen LogP contribution < -0.4 is 0 Å². The summed E-state index contributed by atoms with van der Waals surface area (Å²) in [5, 5.41) is 10.2. The molecule has 0 aromatic carbocycles. The van der Waals surface area contributed by atoms with E-state index in [1.54, 1.807) is 0 Å². The molecule has 0 saturated carbocycles. The summed E-state index contributed by atoms with van der Waals surface area (Å²) < 4.78 is 5.92. The van der Waals surface area contributed by atoms with Gasteiger partial charge in [0.1, 0.15) is 0 Å². The molecule has 3 aliphatic heterocycles. The van der Waals surface area contributed by atoms with Crippen LogP contribution in [0.5, 0.6) is 0 Å². The molecule has 3 saturated heterocycles. The van der Waals surface area contributed by atoms with Crippen molar-refractivity contribution in [3.8, 4) is 0 Å². The zero-order valence-electron chi connectivity index (χ0n) is 12.9. The zero-order valence-corrected chi connectivity index (χ0v) is 12.9. The van der Waals surface area contributed by atoms with Gasteiger partial charge in [-0.05, 0) is 38.5 Å². The van der Waals surface area contributed by atoms with Crippen molar-refractivity contribution in [1.82, 2.24) is 9.80 Å². The lowest BCUT2D eigenvalue weighted by atomic mass is 9.82. The number of carbonyl (C=O) groups is 1. The van der Waals surface area contributed by atoms with Crippen LogP contribution in [0.15, 0.2) is 0 Å². The van der Waals surface area contributed by atoms with Crippen molar-refractivity contribution in [2.75, 3.05) is 39.3 Å². The molecule has 0 aliphatic carbocycles. The summed E-state index contributed by atoms with van der Waals surface area (Å²) in [7, 11) is 0. The summed E-state index contributed by atoms with van der Waals surface area (Å²) in [5.41, 5.74) is -0.298. The summed E-state index contributed by atoms with van der Waals surface area (Å²) >= 11 is 0. The highest BCUT2D eigenvalue weighted by Gasteiger charge is 2.43. The molecule has 120 valence electrons. The molecule has 3 fully saturated rings. The molecule has 1 N–H and O–H groups in total. The summed E-state index contributed by atoms with van der Waals surface area (Å²) in [6.07, 6.45) is 6.28. The second-order valence-corrected chi connectivity index (χ2v) is 6.75. The van der Waals surface area contributed by atoms with E-state index >= 15 is 0 Å². The minimum absolute atomic E-state index is 0.298. The third kappa shape index (κ3) is 3.41. The van der Waals surface area contributed by atoms with E-state index < -0.39 is 0 Å². The molecule has 3 heterocycles. The number of piperidine rings is 1. The van der Waals surface area contributed by atoms with Crippen LogP contribution in [0.4, 0.5) is 0 Å². The van der Waals surface area contributed by atoms with Crippen LogP contribution in [-0.4, -0.2) is 71.8 Å². The second kappa shape index (κ2) is 6.63. The van der Waals surface area contributed by atoms with Crippen LogP contribution in [0.3, 0.4) is 0 Å². The smallest absolute Gasteiger partial charge is 0.223 e. The van der Waals surface area contributed by atoms with Gasteiger partial charge >= 0.3 is 0 Å². The van der Waals surface area contributed by atoms with Crippen molar-refractivity contribution in [3.63, 3.8) is 0 Å². The average molecular weight is 296 g/mol. The van der Waals surface area contributed by atoms with Crippen LogP contribution in [0.2, 0.25) is 0 Å². The topological polar surface area (TPSA) is 53.0 Å². The van der Waals surface area contributed by atoms with E-state index in [2.05, 4.69) is 4.90 Å². The Morgan fingerprint density at radius 1 is 1.14 bits per heavy atom. The van der Waals surface area contributed by atoms with Crippen molar-refractivity contribution in [1.29, 1.82) is 0 Å². The number of amides is 1. The first-order chi connectivity index (χ1) is 10.2. The van der Waals surface area contributed by atoms with Crippen LogP contribution >= 0.6 is 0 Å². The highest BCUT2D eigenvalue weighted by molar-refractivity contribution is 5.76. The average Bonchev–Trinajstić information content (AvgIpc) is 3.04. The van der Waals surface area contributed by atoms with E-state index in [-0.39, 0.29) is 11.7 Å². The van der Waals surface area contributed by atoms with Gasteiger partial charge in [0.15, 0.2) is 0 Å². The molecule has 3 rings (SSSR count). The minimum atomic E-state index is -0.306. The fourth-order valence-electron chi connectivity index (χ4n) is 3.92. The Morgan fingerprint density at radius 2 is 1.86 bits per heavy atom. The molecule has 21 heavy (non-hydrogen) atoms. The highest BCUT2D eigenvalue weighted by atomic mass is 16.5. The van der Waals surface area contributed by atoms with Gasteiger partial charge in [0.25, 0.3) is 0 Å². The number of aliphatic hydroxyl groups excluding tert-OH is 1. The zero-order chi connectivity index (χ0) is 14.7. The summed E-state index contributed by atoms with van der Waals surface area (Å²) in [6.45, 7) is 5.39. The lowest BCUT2D eigenvalue weighted by molar-refractivity contribution is -0.176. The maximum Gasteiger partial charge on any atom is 0.223 e. The van der Waals surface area contributed by atoms with Gasteiger partial charge in [-0.25, -0.2) is 0 Å². The molecule has 1 atom stereocenters. The van der Waals surface area contributed by atoms with Crippen LogP contribution in [0.1, 0.15) is 44.9 Å². The Morgan fingerprint density at radius 3 is 2.52 bits per heavy atom. The number of hydrogen-bond acceptors (Lipinski definition) is 4. The Balaban J connectivity index is 1.42. The normalized spacial score (nSPS) is 30.0. The minimum Gasteiger partial charge on any atom is -0.390 e. The standard InChI is InChI=1S/C16H28N2O3/c19-14-4-3-13-21-16(14)6-11-17(12-7-16)10-5-15(20)18-8-1-2-9-18/h14,19H,1-13H2/t14-/m1/s1. The molecule has 0 aromatic heterocycles. The highest BCUT2D eigenvalue weighted by Crippen LogP contribution is 2.35. The molecular weight excluding hydrogens is 268 g/mol. The van der Waals surface area contributed by atoms with E-state index in [0.717, 1.165) is 77.9 Å².